The molecule has 1 aliphatic carbocycles. The molecule has 1 amide bonds. The topological polar surface area (TPSA) is 61.4 Å². The fourth-order valence-electron chi connectivity index (χ4n) is 1.98. The van der Waals surface area contributed by atoms with Crippen molar-refractivity contribution in [3.8, 4) is 0 Å². The number of aliphatic hydroxyl groups excluding tert-OH is 1. The molecule has 2 aliphatic rings. The number of carbonyl (C=O) groups excluding carboxylic acids is 1. The average molecular weight is 198 g/mol. The van der Waals surface area contributed by atoms with E-state index in [1.54, 1.807) is 0 Å². The molecule has 1 aliphatic heterocycles. The minimum Gasteiger partial charge on any atom is -0.394 e. The molecule has 1 saturated carbocycles. The summed E-state index contributed by atoms with van der Waals surface area (Å²) in [5.74, 6) is 0.0880. The first-order chi connectivity index (χ1) is 6.60. The van der Waals surface area contributed by atoms with Crippen LogP contribution in [-0.2, 0) is 4.79 Å². The molecule has 2 fully saturated rings. The van der Waals surface area contributed by atoms with Crippen LogP contribution in [0.1, 0.15) is 26.2 Å². The Morgan fingerprint density at radius 3 is 2.43 bits per heavy atom. The summed E-state index contributed by atoms with van der Waals surface area (Å²) < 4.78 is 0. The molecule has 0 aromatic carbocycles. The highest BCUT2D eigenvalue weighted by Gasteiger charge is 2.45. The molecule has 14 heavy (non-hydrogen) atoms. The van der Waals surface area contributed by atoms with Crippen molar-refractivity contribution in [2.24, 2.45) is 5.41 Å². The van der Waals surface area contributed by atoms with E-state index >= 15 is 0 Å². The lowest BCUT2D eigenvalue weighted by atomic mass is 9.75. The highest BCUT2D eigenvalue weighted by Crippen LogP contribution is 2.33. The van der Waals surface area contributed by atoms with Crippen molar-refractivity contribution in [1.82, 2.24) is 10.6 Å². The van der Waals surface area contributed by atoms with Gasteiger partial charge in [-0.25, -0.2) is 0 Å². The molecule has 3 N–H and O–H groups in total. The highest BCUT2D eigenvalue weighted by atomic mass is 16.3. The molecule has 1 heterocycles. The summed E-state index contributed by atoms with van der Waals surface area (Å²) in [6.07, 6.45) is 2.94. The largest absolute Gasteiger partial charge is 0.394 e. The van der Waals surface area contributed by atoms with Gasteiger partial charge in [0.15, 0.2) is 0 Å². The summed E-state index contributed by atoms with van der Waals surface area (Å²) in [5.41, 5.74) is -0.548. The van der Waals surface area contributed by atoms with Crippen LogP contribution in [0.2, 0.25) is 0 Å². The van der Waals surface area contributed by atoms with E-state index in [1.165, 1.54) is 0 Å². The first-order valence-electron chi connectivity index (χ1n) is 5.25. The van der Waals surface area contributed by atoms with Crippen LogP contribution in [0.3, 0.4) is 0 Å². The molecule has 0 unspecified atom stereocenters. The van der Waals surface area contributed by atoms with Crippen LogP contribution in [0.5, 0.6) is 0 Å². The third-order valence-electron chi connectivity index (χ3n) is 3.57. The number of amides is 1. The molecule has 0 aromatic heterocycles. The van der Waals surface area contributed by atoms with Gasteiger partial charge in [0.25, 0.3) is 0 Å². The Kier molecular flexibility index (Phi) is 2.27. The minimum absolute atomic E-state index is 0.0717. The van der Waals surface area contributed by atoms with Crippen molar-refractivity contribution >= 4 is 5.91 Å². The van der Waals surface area contributed by atoms with E-state index in [1.807, 2.05) is 6.92 Å². The molecule has 1 saturated heterocycles. The first kappa shape index (κ1) is 9.93. The lowest BCUT2D eigenvalue weighted by Crippen LogP contribution is -2.65. The molecule has 2 rings (SSSR count). The molecule has 0 radical (unpaired) electrons. The molecular weight excluding hydrogens is 180 g/mol. The Balaban J connectivity index is 1.93. The van der Waals surface area contributed by atoms with E-state index in [0.29, 0.717) is 0 Å². The maximum atomic E-state index is 11.9. The van der Waals surface area contributed by atoms with Gasteiger partial charge in [-0.1, -0.05) is 0 Å². The normalized spacial score (nSPS) is 27.3. The number of carbonyl (C=O) groups is 1. The van der Waals surface area contributed by atoms with Gasteiger partial charge in [0.05, 0.1) is 17.6 Å². The van der Waals surface area contributed by atoms with Crippen molar-refractivity contribution < 1.29 is 9.90 Å². The van der Waals surface area contributed by atoms with Gasteiger partial charge in [-0.3, -0.25) is 4.79 Å². The molecule has 4 nitrogen and oxygen atoms in total. The van der Waals surface area contributed by atoms with Gasteiger partial charge in [-0.2, -0.15) is 0 Å². The zero-order valence-corrected chi connectivity index (χ0v) is 8.60. The Morgan fingerprint density at radius 1 is 1.50 bits per heavy atom. The number of hydrogen-bond acceptors (Lipinski definition) is 3. The van der Waals surface area contributed by atoms with Crippen LogP contribution in [0.25, 0.3) is 0 Å². The SMILES string of the molecule is CC1(C(=O)NC2(CO)CCC2)CNC1. The van der Waals surface area contributed by atoms with Crippen molar-refractivity contribution in [2.75, 3.05) is 19.7 Å². The number of hydrogen-bond donors (Lipinski definition) is 3. The Hall–Kier alpha value is -0.610. The van der Waals surface area contributed by atoms with E-state index in [2.05, 4.69) is 10.6 Å². The van der Waals surface area contributed by atoms with Gasteiger partial charge >= 0.3 is 0 Å². The highest BCUT2D eigenvalue weighted by molar-refractivity contribution is 5.84. The second kappa shape index (κ2) is 3.21. The quantitative estimate of drug-likeness (QED) is 0.579. The van der Waals surface area contributed by atoms with Crippen LogP contribution in [-0.4, -0.2) is 36.2 Å². The summed E-state index contributed by atoms with van der Waals surface area (Å²) in [4.78, 5) is 11.9. The lowest BCUT2D eigenvalue weighted by Gasteiger charge is -2.45. The Labute approximate surface area is 84.1 Å². The zero-order valence-electron chi connectivity index (χ0n) is 8.60. The summed E-state index contributed by atoms with van der Waals surface area (Å²) in [6.45, 7) is 3.53. The summed E-state index contributed by atoms with van der Waals surface area (Å²) >= 11 is 0. The first-order valence-corrected chi connectivity index (χ1v) is 5.25. The maximum Gasteiger partial charge on any atom is 0.229 e. The predicted octanol–water partition coefficient (Wildman–Crippen LogP) is -0.373. The molecule has 0 aromatic rings. The summed E-state index contributed by atoms with van der Waals surface area (Å²) in [7, 11) is 0. The van der Waals surface area contributed by atoms with Crippen LogP contribution in [0.4, 0.5) is 0 Å². The molecule has 4 heteroatoms. The molecular formula is C10H18N2O2. The van der Waals surface area contributed by atoms with Gasteiger partial charge in [0.2, 0.25) is 5.91 Å². The van der Waals surface area contributed by atoms with Gasteiger partial charge in [-0.15, -0.1) is 0 Å². The predicted molar refractivity (Wildman–Crippen MR) is 52.8 cm³/mol. The van der Waals surface area contributed by atoms with E-state index < -0.39 is 0 Å². The van der Waals surface area contributed by atoms with E-state index in [4.69, 9.17) is 0 Å². The molecule has 0 atom stereocenters. The monoisotopic (exact) mass is 198 g/mol. The second-order valence-electron chi connectivity index (χ2n) is 4.91. The van der Waals surface area contributed by atoms with E-state index in [0.717, 1.165) is 32.4 Å². The van der Waals surface area contributed by atoms with Gasteiger partial charge in [0.1, 0.15) is 0 Å². The van der Waals surface area contributed by atoms with Crippen LogP contribution >= 0.6 is 0 Å². The summed E-state index contributed by atoms with van der Waals surface area (Å²) in [6, 6.07) is 0. The van der Waals surface area contributed by atoms with Gasteiger partial charge in [-0.05, 0) is 26.2 Å². The fourth-order valence-corrected chi connectivity index (χ4v) is 1.98. The van der Waals surface area contributed by atoms with E-state index in [-0.39, 0.29) is 23.5 Å². The van der Waals surface area contributed by atoms with Crippen LogP contribution in [0.15, 0.2) is 0 Å². The van der Waals surface area contributed by atoms with E-state index in [9.17, 15) is 9.90 Å². The lowest BCUT2D eigenvalue weighted by molar-refractivity contribution is -0.137. The number of aliphatic hydroxyl groups is 1. The smallest absolute Gasteiger partial charge is 0.229 e. The average Bonchev–Trinajstić information content (AvgIpc) is 2.07. The number of nitrogens with one attached hydrogen (secondary N) is 2. The van der Waals surface area contributed by atoms with Crippen molar-refractivity contribution in [1.29, 1.82) is 0 Å². The third kappa shape index (κ3) is 1.42. The maximum absolute atomic E-state index is 11.9. The van der Waals surface area contributed by atoms with Gasteiger partial charge in [0, 0.05) is 13.1 Å². The van der Waals surface area contributed by atoms with Crippen molar-refractivity contribution in [2.45, 2.75) is 31.7 Å². The number of rotatable bonds is 3. The molecule has 80 valence electrons. The van der Waals surface area contributed by atoms with Crippen LogP contribution < -0.4 is 10.6 Å². The molecule has 0 bridgehead atoms. The summed E-state index contributed by atoms with van der Waals surface area (Å²) in [5, 5.41) is 15.3. The van der Waals surface area contributed by atoms with Crippen LogP contribution in [0, 0.1) is 5.41 Å². The molecule has 0 spiro atoms. The Morgan fingerprint density at radius 2 is 2.14 bits per heavy atom. The second-order valence-corrected chi connectivity index (χ2v) is 4.91. The van der Waals surface area contributed by atoms with Crippen molar-refractivity contribution in [3.63, 3.8) is 0 Å². The third-order valence-corrected chi connectivity index (χ3v) is 3.57. The zero-order chi connectivity index (χ0) is 10.2. The minimum atomic E-state index is -0.296. The standard InChI is InChI=1S/C10H18N2O2/c1-9(5-11-6-9)8(14)12-10(7-13)3-2-4-10/h11,13H,2-7H2,1H3,(H,12,14). The fraction of sp³-hybridized carbons (Fsp3) is 0.900. The van der Waals surface area contributed by atoms with Crippen molar-refractivity contribution in [3.05, 3.63) is 0 Å². The van der Waals surface area contributed by atoms with Gasteiger partial charge < -0.3 is 15.7 Å². The Bertz CT molecular complexity index is 239.